The first-order chi connectivity index (χ1) is 9.19. The Hall–Kier alpha value is -1.62. The second kappa shape index (κ2) is 6.22. The molecule has 0 saturated carbocycles. The van der Waals surface area contributed by atoms with Gasteiger partial charge in [0.15, 0.2) is 0 Å². The van der Waals surface area contributed by atoms with Crippen molar-refractivity contribution < 1.29 is 14.6 Å². The zero-order chi connectivity index (χ0) is 15.5. The van der Waals surface area contributed by atoms with Crippen molar-refractivity contribution >= 4 is 5.97 Å². The Balaban J connectivity index is 3.22. The van der Waals surface area contributed by atoms with Crippen LogP contribution >= 0.6 is 0 Å². The molecule has 0 radical (unpaired) electrons. The van der Waals surface area contributed by atoms with Crippen LogP contribution in [0.15, 0.2) is 10.9 Å². The van der Waals surface area contributed by atoms with Crippen LogP contribution in [0.3, 0.4) is 0 Å². The number of pyridine rings is 1. The Morgan fingerprint density at radius 2 is 2.00 bits per heavy atom. The van der Waals surface area contributed by atoms with Gasteiger partial charge in [-0.1, -0.05) is 13.8 Å². The van der Waals surface area contributed by atoms with Crippen molar-refractivity contribution in [2.75, 3.05) is 13.7 Å². The summed E-state index contributed by atoms with van der Waals surface area (Å²) in [6.45, 7) is 8.50. The highest BCUT2D eigenvalue weighted by Gasteiger charge is 2.22. The molecule has 1 aromatic heterocycles. The summed E-state index contributed by atoms with van der Waals surface area (Å²) in [5.41, 5.74) is 0.928. The van der Waals surface area contributed by atoms with Gasteiger partial charge >= 0.3 is 5.97 Å². The largest absolute Gasteiger partial charge is 0.478 e. The van der Waals surface area contributed by atoms with Gasteiger partial charge in [0, 0.05) is 32.0 Å². The van der Waals surface area contributed by atoms with E-state index < -0.39 is 5.97 Å². The Bertz CT molecular complexity index is 558. The molecule has 20 heavy (non-hydrogen) atoms. The number of carboxylic acids is 1. The molecule has 1 rings (SSSR count). The van der Waals surface area contributed by atoms with Gasteiger partial charge in [-0.2, -0.15) is 0 Å². The van der Waals surface area contributed by atoms with Crippen LogP contribution in [0, 0.1) is 19.3 Å². The van der Waals surface area contributed by atoms with Gasteiger partial charge in [-0.25, -0.2) is 4.79 Å². The first kappa shape index (κ1) is 16.4. The first-order valence-electron chi connectivity index (χ1n) is 6.63. The normalized spacial score (nSPS) is 11.7. The molecular weight excluding hydrogens is 258 g/mol. The van der Waals surface area contributed by atoms with Crippen molar-refractivity contribution in [3.63, 3.8) is 0 Å². The van der Waals surface area contributed by atoms with Gasteiger partial charge in [0.2, 0.25) is 0 Å². The Kier molecular flexibility index (Phi) is 5.11. The third-order valence-corrected chi connectivity index (χ3v) is 3.55. The van der Waals surface area contributed by atoms with E-state index in [2.05, 4.69) is 0 Å². The maximum absolute atomic E-state index is 12.1. The summed E-state index contributed by atoms with van der Waals surface area (Å²) < 4.78 is 6.62. The van der Waals surface area contributed by atoms with Crippen LogP contribution in [0.5, 0.6) is 0 Å². The molecule has 0 aliphatic rings. The van der Waals surface area contributed by atoms with Gasteiger partial charge in [-0.3, -0.25) is 4.79 Å². The van der Waals surface area contributed by atoms with Gasteiger partial charge < -0.3 is 14.4 Å². The number of hydrogen-bond donors (Lipinski definition) is 1. The molecule has 0 saturated heterocycles. The van der Waals surface area contributed by atoms with Crippen LogP contribution in [0.4, 0.5) is 0 Å². The van der Waals surface area contributed by atoms with Crippen molar-refractivity contribution in [1.82, 2.24) is 4.57 Å². The molecule has 1 N–H and O–H groups in total. The molecular formula is C15H23NO4. The lowest BCUT2D eigenvalue weighted by Crippen LogP contribution is -2.32. The number of aromatic nitrogens is 1. The predicted molar refractivity (Wildman–Crippen MR) is 77.4 cm³/mol. The first-order valence-corrected chi connectivity index (χ1v) is 6.63. The lowest BCUT2D eigenvalue weighted by molar-refractivity contribution is 0.0693. The van der Waals surface area contributed by atoms with E-state index in [0.717, 1.165) is 6.42 Å². The van der Waals surface area contributed by atoms with E-state index in [4.69, 9.17) is 4.74 Å². The van der Waals surface area contributed by atoms with Crippen LogP contribution in [0.25, 0.3) is 0 Å². The summed E-state index contributed by atoms with van der Waals surface area (Å²) in [4.78, 5) is 23.4. The fourth-order valence-corrected chi connectivity index (χ4v) is 2.33. The van der Waals surface area contributed by atoms with Crippen molar-refractivity contribution in [1.29, 1.82) is 0 Å². The molecule has 0 bridgehead atoms. The van der Waals surface area contributed by atoms with Gasteiger partial charge in [-0.05, 0) is 31.2 Å². The minimum atomic E-state index is -0.997. The highest BCUT2D eigenvalue weighted by molar-refractivity contribution is 5.90. The summed E-state index contributed by atoms with van der Waals surface area (Å²) >= 11 is 0. The maximum Gasteiger partial charge on any atom is 0.337 e. The molecule has 0 atom stereocenters. The molecule has 1 aromatic rings. The summed E-state index contributed by atoms with van der Waals surface area (Å²) in [6.07, 6.45) is 0.797. The maximum atomic E-state index is 12.1. The third kappa shape index (κ3) is 3.70. The van der Waals surface area contributed by atoms with E-state index in [1.807, 2.05) is 13.8 Å². The molecule has 0 unspecified atom stereocenters. The van der Waals surface area contributed by atoms with E-state index >= 15 is 0 Å². The topological polar surface area (TPSA) is 68.5 Å². The van der Waals surface area contributed by atoms with Gasteiger partial charge in [0.25, 0.3) is 5.56 Å². The molecule has 0 fully saturated rings. The highest BCUT2D eigenvalue weighted by Crippen LogP contribution is 2.24. The van der Waals surface area contributed by atoms with E-state index in [0.29, 0.717) is 24.4 Å². The monoisotopic (exact) mass is 281 g/mol. The number of rotatable bonds is 6. The van der Waals surface area contributed by atoms with E-state index in [1.165, 1.54) is 6.07 Å². The smallest absolute Gasteiger partial charge is 0.337 e. The minimum absolute atomic E-state index is 0.143. The second-order valence-corrected chi connectivity index (χ2v) is 5.92. The summed E-state index contributed by atoms with van der Waals surface area (Å²) in [6, 6.07) is 1.39. The molecule has 0 aliphatic carbocycles. The van der Waals surface area contributed by atoms with Crippen molar-refractivity contribution in [3.8, 4) is 0 Å². The van der Waals surface area contributed by atoms with Gasteiger partial charge in [0.05, 0.1) is 5.56 Å². The highest BCUT2D eigenvalue weighted by atomic mass is 16.5. The molecule has 0 spiro atoms. The van der Waals surface area contributed by atoms with Crippen molar-refractivity contribution in [3.05, 3.63) is 33.2 Å². The van der Waals surface area contributed by atoms with Crippen molar-refractivity contribution in [2.45, 2.75) is 40.7 Å². The number of carbonyl (C=O) groups is 1. The summed E-state index contributed by atoms with van der Waals surface area (Å²) in [5, 5.41) is 9.27. The molecule has 1 heterocycles. The number of hydrogen-bond acceptors (Lipinski definition) is 3. The van der Waals surface area contributed by atoms with E-state index in [9.17, 15) is 14.7 Å². The number of methoxy groups -OCH3 is 1. The molecule has 0 aromatic carbocycles. The zero-order valence-electron chi connectivity index (χ0n) is 12.8. The second-order valence-electron chi connectivity index (χ2n) is 5.92. The van der Waals surface area contributed by atoms with Crippen LogP contribution in [-0.2, 0) is 11.3 Å². The number of nitrogens with zero attached hydrogens (tertiary/aromatic N) is 1. The number of aromatic carboxylic acids is 1. The summed E-state index contributed by atoms with van der Waals surface area (Å²) in [5.74, 6) is -0.997. The van der Waals surface area contributed by atoms with Crippen LogP contribution in [-0.4, -0.2) is 29.4 Å². The van der Waals surface area contributed by atoms with Gasteiger partial charge in [0.1, 0.15) is 0 Å². The van der Waals surface area contributed by atoms with Crippen LogP contribution < -0.4 is 5.56 Å². The summed E-state index contributed by atoms with van der Waals surface area (Å²) in [7, 11) is 1.64. The fraction of sp³-hybridized carbons (Fsp3) is 0.600. The average molecular weight is 281 g/mol. The Morgan fingerprint density at radius 3 is 2.50 bits per heavy atom. The molecule has 5 nitrogen and oxygen atoms in total. The van der Waals surface area contributed by atoms with Gasteiger partial charge in [-0.15, -0.1) is 0 Å². The number of aryl methyl sites for hydroxylation is 1. The molecule has 5 heteroatoms. The lowest BCUT2D eigenvalue weighted by Gasteiger charge is -2.27. The van der Waals surface area contributed by atoms with Crippen LogP contribution in [0.1, 0.15) is 41.9 Å². The average Bonchev–Trinajstić information content (AvgIpc) is 2.31. The molecule has 0 amide bonds. The number of ether oxygens (including phenoxy) is 1. The quantitative estimate of drug-likeness (QED) is 0.868. The number of carboxylic acid groups (broad SMARTS) is 1. The van der Waals surface area contributed by atoms with Crippen LogP contribution in [0.2, 0.25) is 0 Å². The molecule has 112 valence electrons. The molecule has 0 aliphatic heterocycles. The van der Waals surface area contributed by atoms with E-state index in [-0.39, 0.29) is 16.5 Å². The SMILES string of the molecule is COCCC(C)(C)Cn1c(C)c(C(=O)O)c(C)cc1=O. The minimum Gasteiger partial charge on any atom is -0.478 e. The standard InChI is InChI=1S/C15H23NO4/c1-10-8-12(17)16(11(2)13(10)14(18)19)9-15(3,4)6-7-20-5/h8H,6-7,9H2,1-5H3,(H,18,19). The third-order valence-electron chi connectivity index (χ3n) is 3.55. The Labute approximate surface area is 119 Å². The van der Waals surface area contributed by atoms with E-state index in [1.54, 1.807) is 25.5 Å². The van der Waals surface area contributed by atoms with Crippen molar-refractivity contribution in [2.24, 2.45) is 5.41 Å². The predicted octanol–water partition coefficient (Wildman–Crippen LogP) is 2.23. The zero-order valence-corrected chi connectivity index (χ0v) is 12.8. The fourth-order valence-electron chi connectivity index (χ4n) is 2.33. The lowest BCUT2D eigenvalue weighted by atomic mass is 9.89. The Morgan fingerprint density at radius 1 is 1.40 bits per heavy atom.